The highest BCUT2D eigenvalue weighted by Gasteiger charge is 2.38. The minimum Gasteiger partial charge on any atom is -0.370 e. The van der Waals surface area contributed by atoms with Gasteiger partial charge in [0.25, 0.3) is 0 Å². The van der Waals surface area contributed by atoms with Crippen molar-refractivity contribution in [2.24, 2.45) is 0 Å². The molecule has 0 aromatic carbocycles. The van der Waals surface area contributed by atoms with Gasteiger partial charge in [-0.2, -0.15) is 0 Å². The van der Waals surface area contributed by atoms with E-state index in [1.165, 1.54) is 12.4 Å². The van der Waals surface area contributed by atoms with Crippen LogP contribution in [0.3, 0.4) is 0 Å². The van der Waals surface area contributed by atoms with Crippen LogP contribution in [0.1, 0.15) is 12.8 Å². The first-order chi connectivity index (χ1) is 8.77. The highest BCUT2D eigenvalue weighted by molar-refractivity contribution is 5.31. The summed E-state index contributed by atoms with van der Waals surface area (Å²) in [5, 5.41) is 3.37. The molecule has 0 unspecified atom stereocenters. The zero-order chi connectivity index (χ0) is 12.4. The Hall–Kier alpha value is -1.27. The molecule has 2 aliphatic rings. The maximum Gasteiger partial charge on any atom is 0.225 e. The summed E-state index contributed by atoms with van der Waals surface area (Å²) in [6.07, 6.45) is 4.52. The van der Waals surface area contributed by atoms with Crippen molar-refractivity contribution in [1.82, 2.24) is 15.3 Å². The van der Waals surface area contributed by atoms with Crippen molar-refractivity contribution in [1.29, 1.82) is 0 Å². The largest absolute Gasteiger partial charge is 0.370 e. The van der Waals surface area contributed by atoms with Gasteiger partial charge in [0.2, 0.25) is 5.95 Å². The predicted molar refractivity (Wildman–Crippen MR) is 65.0 cm³/mol. The molecule has 0 aliphatic carbocycles. The third-order valence-corrected chi connectivity index (χ3v) is 3.56. The summed E-state index contributed by atoms with van der Waals surface area (Å²) in [5.74, 6) is 0.186. The van der Waals surface area contributed by atoms with E-state index in [1.807, 2.05) is 0 Å². The number of halogens is 1. The summed E-state index contributed by atoms with van der Waals surface area (Å²) < 4.78 is 18.8. The van der Waals surface area contributed by atoms with Gasteiger partial charge >= 0.3 is 0 Å². The van der Waals surface area contributed by atoms with E-state index in [9.17, 15) is 4.39 Å². The molecule has 0 amide bonds. The van der Waals surface area contributed by atoms with Gasteiger partial charge in [-0.3, -0.25) is 0 Å². The van der Waals surface area contributed by atoms with Gasteiger partial charge in [-0.25, -0.2) is 14.4 Å². The second kappa shape index (κ2) is 4.78. The van der Waals surface area contributed by atoms with Crippen molar-refractivity contribution in [2.75, 3.05) is 37.7 Å². The number of morpholine rings is 1. The van der Waals surface area contributed by atoms with E-state index in [0.717, 1.165) is 45.6 Å². The summed E-state index contributed by atoms with van der Waals surface area (Å²) >= 11 is 0. The smallest absolute Gasteiger partial charge is 0.225 e. The number of ether oxygens (including phenoxy) is 1. The van der Waals surface area contributed by atoms with Crippen LogP contribution in [0.2, 0.25) is 0 Å². The molecule has 1 aromatic rings. The summed E-state index contributed by atoms with van der Waals surface area (Å²) in [6.45, 7) is 4.19. The lowest BCUT2D eigenvalue weighted by Gasteiger charge is -2.44. The summed E-state index contributed by atoms with van der Waals surface area (Å²) in [5.41, 5.74) is -0.131. The molecule has 2 fully saturated rings. The van der Waals surface area contributed by atoms with Crippen LogP contribution in [-0.4, -0.2) is 48.4 Å². The second-order valence-corrected chi connectivity index (χ2v) is 4.93. The van der Waals surface area contributed by atoms with Crippen LogP contribution in [-0.2, 0) is 4.74 Å². The normalized spacial score (nSPS) is 28.6. The van der Waals surface area contributed by atoms with Crippen molar-refractivity contribution in [3.05, 3.63) is 18.2 Å². The van der Waals surface area contributed by atoms with Crippen molar-refractivity contribution in [3.63, 3.8) is 0 Å². The van der Waals surface area contributed by atoms with Gasteiger partial charge in [0.1, 0.15) is 0 Å². The van der Waals surface area contributed by atoms with Gasteiger partial charge in [0.15, 0.2) is 5.82 Å². The van der Waals surface area contributed by atoms with E-state index in [0.29, 0.717) is 5.95 Å². The molecule has 1 N–H and O–H groups in total. The van der Waals surface area contributed by atoms with E-state index < -0.39 is 5.82 Å². The van der Waals surface area contributed by atoms with Crippen LogP contribution in [0.25, 0.3) is 0 Å². The molecule has 1 spiro atoms. The number of aromatic nitrogens is 2. The highest BCUT2D eigenvalue weighted by atomic mass is 19.1. The Bertz CT molecular complexity index is 400. The maximum absolute atomic E-state index is 12.8. The Morgan fingerprint density at radius 2 is 2.22 bits per heavy atom. The molecule has 2 saturated heterocycles. The SMILES string of the molecule is Fc1cnc(N2CCC[C@]3(CNCCO3)C2)nc1. The van der Waals surface area contributed by atoms with Crippen LogP contribution in [0.5, 0.6) is 0 Å². The number of hydrogen-bond acceptors (Lipinski definition) is 5. The fourth-order valence-corrected chi connectivity index (χ4v) is 2.71. The fourth-order valence-electron chi connectivity index (χ4n) is 2.71. The third-order valence-electron chi connectivity index (χ3n) is 3.56. The highest BCUT2D eigenvalue weighted by Crippen LogP contribution is 2.27. The van der Waals surface area contributed by atoms with Crippen molar-refractivity contribution in [3.8, 4) is 0 Å². The minimum atomic E-state index is -0.402. The Kier molecular flexibility index (Phi) is 3.13. The standard InChI is InChI=1S/C12H17FN4O/c13-10-6-15-11(16-7-10)17-4-1-2-12(9-17)8-14-3-5-18-12/h6-7,14H,1-5,8-9H2/t12-/m0/s1. The monoisotopic (exact) mass is 252 g/mol. The van der Waals surface area contributed by atoms with Gasteiger partial charge in [0.05, 0.1) is 31.1 Å². The van der Waals surface area contributed by atoms with E-state index in [2.05, 4.69) is 20.2 Å². The first-order valence-corrected chi connectivity index (χ1v) is 6.35. The molecule has 5 nitrogen and oxygen atoms in total. The molecule has 18 heavy (non-hydrogen) atoms. The number of piperidine rings is 1. The first-order valence-electron chi connectivity index (χ1n) is 6.35. The van der Waals surface area contributed by atoms with Crippen molar-refractivity contribution in [2.45, 2.75) is 18.4 Å². The fraction of sp³-hybridized carbons (Fsp3) is 0.667. The van der Waals surface area contributed by atoms with Crippen LogP contribution >= 0.6 is 0 Å². The predicted octanol–water partition coefficient (Wildman–Crippen LogP) is 0.574. The zero-order valence-corrected chi connectivity index (χ0v) is 10.2. The quantitative estimate of drug-likeness (QED) is 0.792. The first kappa shape index (κ1) is 11.8. The molecular formula is C12H17FN4O. The molecule has 3 heterocycles. The van der Waals surface area contributed by atoms with Gasteiger partial charge in [-0.1, -0.05) is 0 Å². The van der Waals surface area contributed by atoms with Crippen LogP contribution in [0.4, 0.5) is 10.3 Å². The summed E-state index contributed by atoms with van der Waals surface area (Å²) in [4.78, 5) is 10.2. The molecule has 2 aliphatic heterocycles. The number of rotatable bonds is 1. The lowest BCUT2D eigenvalue weighted by atomic mass is 9.91. The summed E-state index contributed by atoms with van der Waals surface area (Å²) in [7, 11) is 0. The molecule has 0 radical (unpaired) electrons. The molecule has 6 heteroatoms. The average Bonchev–Trinajstić information content (AvgIpc) is 2.40. The molecule has 1 atom stereocenters. The second-order valence-electron chi connectivity index (χ2n) is 4.93. The van der Waals surface area contributed by atoms with Gasteiger partial charge in [-0.05, 0) is 12.8 Å². The topological polar surface area (TPSA) is 50.3 Å². The van der Waals surface area contributed by atoms with Gasteiger partial charge in [0, 0.05) is 19.6 Å². The Morgan fingerprint density at radius 3 is 2.94 bits per heavy atom. The zero-order valence-electron chi connectivity index (χ0n) is 10.2. The third kappa shape index (κ3) is 2.30. The van der Waals surface area contributed by atoms with E-state index in [4.69, 9.17) is 4.74 Å². The van der Waals surface area contributed by atoms with Gasteiger partial charge < -0.3 is 15.0 Å². The van der Waals surface area contributed by atoms with Crippen LogP contribution in [0.15, 0.2) is 12.4 Å². The Labute approximate surface area is 105 Å². The number of nitrogens with one attached hydrogen (secondary N) is 1. The number of anilines is 1. The molecule has 98 valence electrons. The van der Waals surface area contributed by atoms with Gasteiger partial charge in [-0.15, -0.1) is 0 Å². The Morgan fingerprint density at radius 1 is 1.39 bits per heavy atom. The van der Waals surface area contributed by atoms with E-state index in [-0.39, 0.29) is 5.60 Å². The number of nitrogens with zero attached hydrogens (tertiary/aromatic N) is 3. The number of hydrogen-bond donors (Lipinski definition) is 1. The minimum absolute atomic E-state index is 0.131. The van der Waals surface area contributed by atoms with Crippen LogP contribution < -0.4 is 10.2 Å². The maximum atomic E-state index is 12.8. The molecule has 1 aromatic heterocycles. The van der Waals surface area contributed by atoms with E-state index in [1.54, 1.807) is 0 Å². The molecule has 0 bridgehead atoms. The van der Waals surface area contributed by atoms with Crippen molar-refractivity contribution < 1.29 is 9.13 Å². The van der Waals surface area contributed by atoms with Crippen LogP contribution in [0, 0.1) is 5.82 Å². The average molecular weight is 252 g/mol. The molecule has 3 rings (SSSR count). The molecule has 0 saturated carbocycles. The lowest BCUT2D eigenvalue weighted by molar-refractivity contribution is -0.0727. The Balaban J connectivity index is 1.75. The lowest BCUT2D eigenvalue weighted by Crippen LogP contribution is -2.59. The van der Waals surface area contributed by atoms with Crippen molar-refractivity contribution >= 4 is 5.95 Å². The molecular weight excluding hydrogens is 235 g/mol. The van der Waals surface area contributed by atoms with E-state index >= 15 is 0 Å². The summed E-state index contributed by atoms with van der Waals surface area (Å²) in [6, 6.07) is 0.